The summed E-state index contributed by atoms with van der Waals surface area (Å²) in [5.41, 5.74) is 0. The average Bonchev–Trinajstić information content (AvgIpc) is 2.78. The summed E-state index contributed by atoms with van der Waals surface area (Å²) in [4.78, 5) is 1.07. The van der Waals surface area contributed by atoms with E-state index < -0.39 is 16.1 Å². The lowest BCUT2D eigenvalue weighted by Gasteiger charge is -2.28. The maximum absolute atomic E-state index is 12.3. The van der Waals surface area contributed by atoms with Gasteiger partial charge in [-0.05, 0) is 31.4 Å². The summed E-state index contributed by atoms with van der Waals surface area (Å²) in [7, 11) is -3.39. The number of nitrogens with zero attached hydrogens (tertiary/aromatic N) is 1. The summed E-state index contributed by atoms with van der Waals surface area (Å²) >= 11 is 1.32. The van der Waals surface area contributed by atoms with Gasteiger partial charge in [-0.15, -0.1) is 11.3 Å². The van der Waals surface area contributed by atoms with E-state index in [4.69, 9.17) is 0 Å². The Hall–Kier alpha value is -0.430. The van der Waals surface area contributed by atoms with E-state index in [9.17, 15) is 13.5 Å². The van der Waals surface area contributed by atoms with Gasteiger partial charge in [0.05, 0.1) is 6.10 Å². The lowest BCUT2D eigenvalue weighted by atomic mass is 10.1. The van der Waals surface area contributed by atoms with Gasteiger partial charge in [0.2, 0.25) is 0 Å². The summed E-state index contributed by atoms with van der Waals surface area (Å²) in [5, 5.41) is 9.54. The van der Waals surface area contributed by atoms with Crippen molar-refractivity contribution in [1.29, 1.82) is 0 Å². The first-order valence-electron chi connectivity index (χ1n) is 5.81. The monoisotopic (exact) mass is 275 g/mol. The van der Waals surface area contributed by atoms with E-state index in [1.807, 2.05) is 13.0 Å². The van der Waals surface area contributed by atoms with E-state index in [2.05, 4.69) is 0 Å². The van der Waals surface area contributed by atoms with Crippen molar-refractivity contribution in [3.63, 3.8) is 0 Å². The van der Waals surface area contributed by atoms with Crippen LogP contribution < -0.4 is 0 Å². The van der Waals surface area contributed by atoms with Crippen LogP contribution in [0.1, 0.15) is 24.6 Å². The first-order chi connectivity index (χ1) is 8.04. The van der Waals surface area contributed by atoms with Gasteiger partial charge in [-0.2, -0.15) is 4.31 Å². The third-order valence-electron chi connectivity index (χ3n) is 2.94. The minimum absolute atomic E-state index is 0.224. The van der Waals surface area contributed by atoms with Crippen molar-refractivity contribution in [2.45, 2.75) is 36.5 Å². The lowest BCUT2D eigenvalue weighted by Crippen LogP contribution is -2.41. The lowest BCUT2D eigenvalue weighted by molar-refractivity contribution is 0.108. The molecule has 0 bridgehead atoms. The van der Waals surface area contributed by atoms with Crippen LogP contribution in [0.4, 0.5) is 0 Å². The molecule has 2 heterocycles. The fourth-order valence-electron chi connectivity index (χ4n) is 1.95. The summed E-state index contributed by atoms with van der Waals surface area (Å²) in [6.45, 7) is 2.74. The van der Waals surface area contributed by atoms with Gasteiger partial charge in [-0.25, -0.2) is 8.42 Å². The van der Waals surface area contributed by atoms with Crippen LogP contribution in [0.3, 0.4) is 0 Å². The zero-order valence-electron chi connectivity index (χ0n) is 9.80. The van der Waals surface area contributed by atoms with Gasteiger partial charge >= 0.3 is 0 Å². The number of hydrogen-bond donors (Lipinski definition) is 1. The number of piperidine rings is 1. The molecule has 0 unspecified atom stereocenters. The smallest absolute Gasteiger partial charge is 0.252 e. The van der Waals surface area contributed by atoms with Gasteiger partial charge in [0.1, 0.15) is 4.21 Å². The fraction of sp³-hybridized carbons (Fsp3) is 0.636. The van der Waals surface area contributed by atoms with Crippen LogP contribution in [-0.4, -0.2) is 37.0 Å². The predicted molar refractivity (Wildman–Crippen MR) is 67.7 cm³/mol. The second-order valence-corrected chi connectivity index (χ2v) is 7.57. The van der Waals surface area contributed by atoms with Crippen molar-refractivity contribution < 1.29 is 13.5 Å². The largest absolute Gasteiger partial charge is 0.392 e. The molecule has 0 saturated carbocycles. The van der Waals surface area contributed by atoms with E-state index in [1.54, 1.807) is 6.07 Å². The minimum Gasteiger partial charge on any atom is -0.392 e. The Bertz CT molecular complexity index is 481. The van der Waals surface area contributed by atoms with Gasteiger partial charge < -0.3 is 5.11 Å². The highest BCUT2D eigenvalue weighted by Crippen LogP contribution is 2.27. The van der Waals surface area contributed by atoms with Crippen molar-refractivity contribution in [2.75, 3.05) is 13.1 Å². The molecule has 1 aliphatic rings. The van der Waals surface area contributed by atoms with Gasteiger partial charge in [-0.1, -0.05) is 6.92 Å². The highest BCUT2D eigenvalue weighted by atomic mass is 32.2. The normalized spacial score (nSPS) is 22.8. The molecule has 1 aromatic rings. The second-order valence-electron chi connectivity index (χ2n) is 4.23. The Kier molecular flexibility index (Phi) is 3.87. The highest BCUT2D eigenvalue weighted by Gasteiger charge is 2.30. The molecule has 1 N–H and O–H groups in total. The van der Waals surface area contributed by atoms with Crippen LogP contribution in [0.2, 0.25) is 0 Å². The number of aliphatic hydroxyl groups is 1. The Morgan fingerprint density at radius 3 is 2.88 bits per heavy atom. The third kappa shape index (κ3) is 2.70. The molecule has 0 aliphatic carbocycles. The number of hydrogen-bond acceptors (Lipinski definition) is 4. The molecule has 17 heavy (non-hydrogen) atoms. The molecule has 4 nitrogen and oxygen atoms in total. The molecule has 0 amide bonds. The standard InChI is InChI=1S/C11H17NO3S2/c1-2-10-5-6-11(16-10)17(14,15)12-7-3-4-9(13)8-12/h5-6,9,13H,2-4,7-8H2,1H3/t9-/m0/s1. The Morgan fingerprint density at radius 1 is 1.53 bits per heavy atom. The maximum atomic E-state index is 12.3. The topological polar surface area (TPSA) is 57.6 Å². The number of aryl methyl sites for hydroxylation is 1. The first kappa shape index (κ1) is 13.0. The van der Waals surface area contributed by atoms with Gasteiger partial charge in [0.25, 0.3) is 10.0 Å². The zero-order chi connectivity index (χ0) is 12.5. The van der Waals surface area contributed by atoms with Crippen molar-refractivity contribution in [1.82, 2.24) is 4.31 Å². The Morgan fingerprint density at radius 2 is 2.29 bits per heavy atom. The third-order valence-corrected chi connectivity index (χ3v) is 6.50. The molecule has 0 radical (unpaired) electrons. The van der Waals surface area contributed by atoms with Gasteiger partial charge in [0.15, 0.2) is 0 Å². The first-order valence-corrected chi connectivity index (χ1v) is 8.06. The number of rotatable bonds is 3. The van der Waals surface area contributed by atoms with Crippen LogP contribution in [0, 0.1) is 0 Å². The molecule has 2 rings (SSSR count). The maximum Gasteiger partial charge on any atom is 0.252 e. The van der Waals surface area contributed by atoms with Crippen LogP contribution in [-0.2, 0) is 16.4 Å². The number of β-amino-alcohol motifs (C(OH)–C–C–N with tert-alkyl or cyclic N) is 1. The van der Waals surface area contributed by atoms with E-state index in [-0.39, 0.29) is 6.54 Å². The van der Waals surface area contributed by atoms with E-state index in [0.717, 1.165) is 17.7 Å². The molecule has 0 spiro atoms. The second kappa shape index (κ2) is 5.06. The fourth-order valence-corrected chi connectivity index (χ4v) is 4.92. The molecule has 96 valence electrons. The number of thiophene rings is 1. The summed E-state index contributed by atoms with van der Waals surface area (Å²) in [6, 6.07) is 3.53. The van der Waals surface area contributed by atoms with Crippen molar-refractivity contribution in [3.05, 3.63) is 17.0 Å². The molecular weight excluding hydrogens is 258 g/mol. The van der Waals surface area contributed by atoms with E-state index in [0.29, 0.717) is 17.2 Å². The van der Waals surface area contributed by atoms with Crippen LogP contribution in [0.25, 0.3) is 0 Å². The van der Waals surface area contributed by atoms with Gasteiger partial charge in [-0.3, -0.25) is 0 Å². The molecule has 1 atom stereocenters. The Labute approximate surface area is 106 Å². The minimum atomic E-state index is -3.39. The average molecular weight is 275 g/mol. The quantitative estimate of drug-likeness (QED) is 0.908. The SMILES string of the molecule is CCc1ccc(S(=O)(=O)N2CCC[C@H](O)C2)s1. The molecule has 1 aliphatic heterocycles. The predicted octanol–water partition coefficient (Wildman–Crippen LogP) is 1.46. The Balaban J connectivity index is 2.23. The van der Waals surface area contributed by atoms with Crippen LogP contribution in [0.5, 0.6) is 0 Å². The highest BCUT2D eigenvalue weighted by molar-refractivity contribution is 7.91. The van der Waals surface area contributed by atoms with Crippen LogP contribution in [0.15, 0.2) is 16.3 Å². The number of sulfonamides is 1. The van der Waals surface area contributed by atoms with Gasteiger partial charge in [0, 0.05) is 18.0 Å². The summed E-state index contributed by atoms with van der Waals surface area (Å²) in [5.74, 6) is 0. The summed E-state index contributed by atoms with van der Waals surface area (Å²) < 4.78 is 26.4. The zero-order valence-corrected chi connectivity index (χ0v) is 11.4. The molecule has 0 aromatic carbocycles. The van der Waals surface area contributed by atoms with Crippen molar-refractivity contribution >= 4 is 21.4 Å². The molecule has 6 heteroatoms. The summed E-state index contributed by atoms with van der Waals surface area (Å²) in [6.07, 6.45) is 1.75. The molecule has 1 saturated heterocycles. The van der Waals surface area contributed by atoms with E-state index >= 15 is 0 Å². The number of aliphatic hydroxyl groups excluding tert-OH is 1. The van der Waals surface area contributed by atoms with Crippen LogP contribution >= 0.6 is 11.3 Å². The van der Waals surface area contributed by atoms with E-state index in [1.165, 1.54) is 15.6 Å². The van der Waals surface area contributed by atoms with Crippen molar-refractivity contribution in [2.24, 2.45) is 0 Å². The molecule has 1 aromatic heterocycles. The molecular formula is C11H17NO3S2. The van der Waals surface area contributed by atoms with Crippen molar-refractivity contribution in [3.8, 4) is 0 Å². The molecule has 1 fully saturated rings.